The van der Waals surface area contributed by atoms with Gasteiger partial charge in [0.25, 0.3) is 0 Å². The summed E-state index contributed by atoms with van der Waals surface area (Å²) in [7, 11) is 3.19. The minimum Gasteiger partial charge on any atom is -0.497 e. The lowest BCUT2D eigenvalue weighted by molar-refractivity contribution is -0.111. The van der Waals surface area contributed by atoms with Crippen LogP contribution in [0.2, 0.25) is 0 Å². The molecular weight excluding hydrogens is 356 g/mol. The molecule has 2 aromatic rings. The first kappa shape index (κ1) is 19.9. The molecule has 1 aliphatic heterocycles. The van der Waals surface area contributed by atoms with E-state index >= 15 is 0 Å². The largest absolute Gasteiger partial charge is 0.497 e. The van der Waals surface area contributed by atoms with Crippen molar-refractivity contribution in [1.29, 1.82) is 0 Å². The molecule has 0 aliphatic carbocycles. The van der Waals surface area contributed by atoms with Gasteiger partial charge < -0.3 is 19.5 Å². The highest BCUT2D eigenvalue weighted by Crippen LogP contribution is 2.25. The van der Waals surface area contributed by atoms with Crippen LogP contribution in [0.5, 0.6) is 11.5 Å². The number of amides is 1. The van der Waals surface area contributed by atoms with E-state index in [9.17, 15) is 4.79 Å². The summed E-state index contributed by atoms with van der Waals surface area (Å²) in [6.07, 6.45) is 3.21. The first-order valence-electron chi connectivity index (χ1n) is 9.28. The number of carbonyl (C=O) groups excluding carboxylic acids is 1. The summed E-state index contributed by atoms with van der Waals surface area (Å²) in [5.41, 5.74) is 2.79. The summed E-state index contributed by atoms with van der Waals surface area (Å²) in [4.78, 5) is 14.6. The Morgan fingerprint density at radius 3 is 2.54 bits per heavy atom. The van der Waals surface area contributed by atoms with Gasteiger partial charge in [-0.25, -0.2) is 0 Å². The van der Waals surface area contributed by atoms with Crippen LogP contribution in [-0.4, -0.2) is 51.3 Å². The fraction of sp³-hybridized carbons (Fsp3) is 0.318. The smallest absolute Gasteiger partial charge is 0.248 e. The predicted octanol–water partition coefficient (Wildman–Crippen LogP) is 3.19. The summed E-state index contributed by atoms with van der Waals surface area (Å²) in [5, 5.41) is 2.88. The van der Waals surface area contributed by atoms with Crippen molar-refractivity contribution in [2.24, 2.45) is 0 Å². The van der Waals surface area contributed by atoms with Crippen LogP contribution in [0.4, 0.5) is 5.69 Å². The molecule has 1 aliphatic rings. The first-order chi connectivity index (χ1) is 13.7. The summed E-state index contributed by atoms with van der Waals surface area (Å²) >= 11 is 0. The highest BCUT2D eigenvalue weighted by Gasteiger charge is 2.10. The second kappa shape index (κ2) is 9.92. The van der Waals surface area contributed by atoms with E-state index in [1.165, 1.54) is 11.6 Å². The first-order valence-corrected chi connectivity index (χ1v) is 9.28. The Bertz CT molecular complexity index is 812. The number of nitrogens with zero attached hydrogens (tertiary/aromatic N) is 1. The quantitative estimate of drug-likeness (QED) is 0.746. The molecular formula is C22H26N2O4. The van der Waals surface area contributed by atoms with Crippen LogP contribution in [0.3, 0.4) is 0 Å². The van der Waals surface area contributed by atoms with Gasteiger partial charge in [-0.15, -0.1) is 0 Å². The number of nitrogens with one attached hydrogen (secondary N) is 1. The van der Waals surface area contributed by atoms with Crippen molar-refractivity contribution in [2.75, 3.05) is 45.8 Å². The maximum atomic E-state index is 12.2. The second-order valence-corrected chi connectivity index (χ2v) is 6.52. The molecule has 0 aromatic heterocycles. The normalized spacial score (nSPS) is 14.8. The number of hydrogen-bond donors (Lipinski definition) is 1. The molecule has 0 bridgehead atoms. The molecule has 148 valence electrons. The van der Waals surface area contributed by atoms with Crippen molar-refractivity contribution in [2.45, 2.75) is 6.54 Å². The van der Waals surface area contributed by atoms with Crippen LogP contribution >= 0.6 is 0 Å². The lowest BCUT2D eigenvalue weighted by Gasteiger charge is -2.26. The Morgan fingerprint density at radius 2 is 1.86 bits per heavy atom. The van der Waals surface area contributed by atoms with Gasteiger partial charge in [0.1, 0.15) is 11.5 Å². The molecule has 6 nitrogen and oxygen atoms in total. The van der Waals surface area contributed by atoms with Crippen molar-refractivity contribution in [3.05, 3.63) is 59.7 Å². The number of hydrogen-bond acceptors (Lipinski definition) is 5. The van der Waals surface area contributed by atoms with E-state index in [4.69, 9.17) is 14.2 Å². The molecule has 28 heavy (non-hydrogen) atoms. The van der Waals surface area contributed by atoms with Gasteiger partial charge in [0.15, 0.2) is 0 Å². The molecule has 0 atom stereocenters. The molecule has 0 unspecified atom stereocenters. The summed E-state index contributed by atoms with van der Waals surface area (Å²) in [6, 6.07) is 13.4. The zero-order valence-corrected chi connectivity index (χ0v) is 16.3. The van der Waals surface area contributed by atoms with E-state index in [2.05, 4.69) is 10.2 Å². The fourth-order valence-corrected chi connectivity index (χ4v) is 3.02. The molecule has 0 saturated carbocycles. The number of carbonyl (C=O) groups is 1. The zero-order chi connectivity index (χ0) is 19.8. The third-order valence-corrected chi connectivity index (χ3v) is 4.59. The summed E-state index contributed by atoms with van der Waals surface area (Å²) < 4.78 is 15.9. The SMILES string of the molecule is COc1ccc(/C=C/C(=O)Nc2ccc(CN3CCOCC3)cc2)c(OC)c1. The number of ether oxygens (including phenoxy) is 3. The lowest BCUT2D eigenvalue weighted by Crippen LogP contribution is -2.35. The van der Waals surface area contributed by atoms with E-state index in [0.29, 0.717) is 11.5 Å². The van der Waals surface area contributed by atoms with Crippen LogP contribution in [0.15, 0.2) is 48.5 Å². The van der Waals surface area contributed by atoms with E-state index < -0.39 is 0 Å². The number of benzene rings is 2. The van der Waals surface area contributed by atoms with Crippen LogP contribution in [0.1, 0.15) is 11.1 Å². The van der Waals surface area contributed by atoms with E-state index in [-0.39, 0.29) is 5.91 Å². The van der Waals surface area contributed by atoms with Crippen LogP contribution < -0.4 is 14.8 Å². The van der Waals surface area contributed by atoms with E-state index in [1.807, 2.05) is 36.4 Å². The van der Waals surface area contributed by atoms with Crippen molar-refractivity contribution >= 4 is 17.7 Å². The predicted molar refractivity (Wildman–Crippen MR) is 110 cm³/mol. The van der Waals surface area contributed by atoms with Crippen LogP contribution in [0.25, 0.3) is 6.08 Å². The maximum absolute atomic E-state index is 12.2. The molecule has 1 N–H and O–H groups in total. The van der Waals surface area contributed by atoms with Gasteiger partial charge in [0.05, 0.1) is 27.4 Å². The van der Waals surface area contributed by atoms with E-state index in [0.717, 1.165) is 44.1 Å². The highest BCUT2D eigenvalue weighted by molar-refractivity contribution is 6.02. The summed E-state index contributed by atoms with van der Waals surface area (Å²) in [6.45, 7) is 4.39. The minimum absolute atomic E-state index is 0.196. The molecule has 1 fully saturated rings. The van der Waals surface area contributed by atoms with Gasteiger partial charge in [-0.2, -0.15) is 0 Å². The van der Waals surface area contributed by atoms with Gasteiger partial charge in [0, 0.05) is 43.0 Å². The summed E-state index contributed by atoms with van der Waals surface area (Å²) in [5.74, 6) is 1.16. The van der Waals surface area contributed by atoms with Gasteiger partial charge >= 0.3 is 0 Å². The Morgan fingerprint density at radius 1 is 1.11 bits per heavy atom. The van der Waals surface area contributed by atoms with Crippen molar-refractivity contribution < 1.29 is 19.0 Å². The molecule has 2 aromatic carbocycles. The third-order valence-electron chi connectivity index (χ3n) is 4.59. The monoisotopic (exact) mass is 382 g/mol. The Labute approximate surface area is 165 Å². The average Bonchev–Trinajstić information content (AvgIpc) is 2.74. The molecule has 3 rings (SSSR count). The molecule has 6 heteroatoms. The molecule has 1 heterocycles. The van der Waals surface area contributed by atoms with Gasteiger partial charge in [-0.05, 0) is 35.9 Å². The van der Waals surface area contributed by atoms with Gasteiger partial charge in [-0.3, -0.25) is 9.69 Å². The number of rotatable bonds is 7. The van der Waals surface area contributed by atoms with Crippen LogP contribution in [0, 0.1) is 0 Å². The molecule has 1 amide bonds. The van der Waals surface area contributed by atoms with E-state index in [1.54, 1.807) is 26.4 Å². The topological polar surface area (TPSA) is 60.0 Å². The zero-order valence-electron chi connectivity index (χ0n) is 16.3. The number of morpholine rings is 1. The Hall–Kier alpha value is -2.83. The standard InChI is InChI=1S/C22H26N2O4/c1-26-20-9-5-18(21(15-20)27-2)6-10-22(25)23-19-7-3-17(4-8-19)16-24-11-13-28-14-12-24/h3-10,15H,11-14,16H2,1-2H3,(H,23,25)/b10-6+. The molecule has 1 saturated heterocycles. The fourth-order valence-electron chi connectivity index (χ4n) is 3.02. The molecule has 0 spiro atoms. The second-order valence-electron chi connectivity index (χ2n) is 6.52. The highest BCUT2D eigenvalue weighted by atomic mass is 16.5. The van der Waals surface area contributed by atoms with Crippen LogP contribution in [-0.2, 0) is 16.1 Å². The minimum atomic E-state index is -0.196. The third kappa shape index (κ3) is 5.58. The maximum Gasteiger partial charge on any atom is 0.248 e. The van der Waals surface area contributed by atoms with Crippen molar-refractivity contribution in [3.63, 3.8) is 0 Å². The Balaban J connectivity index is 1.56. The number of anilines is 1. The molecule has 0 radical (unpaired) electrons. The van der Waals surface area contributed by atoms with Crippen molar-refractivity contribution in [1.82, 2.24) is 4.90 Å². The van der Waals surface area contributed by atoms with Crippen molar-refractivity contribution in [3.8, 4) is 11.5 Å². The average molecular weight is 382 g/mol. The number of methoxy groups -OCH3 is 2. The van der Waals surface area contributed by atoms with Gasteiger partial charge in [0.2, 0.25) is 5.91 Å². The van der Waals surface area contributed by atoms with Gasteiger partial charge in [-0.1, -0.05) is 12.1 Å². The Kier molecular flexibility index (Phi) is 7.06. The lowest BCUT2D eigenvalue weighted by atomic mass is 10.1.